The maximum atomic E-state index is 11.7. The second-order valence-electron chi connectivity index (χ2n) is 4.94. The molecule has 6 nitrogen and oxygen atoms in total. The number of hydrogen-bond acceptors (Lipinski definition) is 4. The Morgan fingerprint density at radius 1 is 1.05 bits per heavy atom. The minimum atomic E-state index is -0.422. The van der Waals surface area contributed by atoms with E-state index in [0.717, 1.165) is 6.07 Å². The molecule has 0 unspecified atom stereocenters. The Kier molecular flexibility index (Phi) is 5.83. The predicted octanol–water partition coefficient (Wildman–Crippen LogP) is 0.990. The molecule has 0 fully saturated rings. The van der Waals surface area contributed by atoms with Gasteiger partial charge in [-0.2, -0.15) is 0 Å². The maximum Gasteiger partial charge on any atom is 0.251 e. The number of aromatic hydroxyl groups is 2. The first-order valence-corrected chi connectivity index (χ1v) is 6.46. The third-order valence-electron chi connectivity index (χ3n) is 2.49. The standard InChI is InChI=1S/C14H20N2O4/c1-9(2)5-13(19)15-3-4-16-14(20)10-6-11(17)8-12(18)7-10/h6-9,17-18H,3-5H2,1-2H3,(H,15,19)(H,16,20). The van der Waals surface area contributed by atoms with Gasteiger partial charge in [-0.25, -0.2) is 0 Å². The van der Waals surface area contributed by atoms with E-state index >= 15 is 0 Å². The lowest BCUT2D eigenvalue weighted by molar-refractivity contribution is -0.121. The van der Waals surface area contributed by atoms with E-state index in [1.165, 1.54) is 12.1 Å². The Morgan fingerprint density at radius 2 is 1.60 bits per heavy atom. The van der Waals surface area contributed by atoms with Gasteiger partial charge in [0.1, 0.15) is 11.5 Å². The largest absolute Gasteiger partial charge is 0.508 e. The molecule has 0 saturated carbocycles. The number of carbonyl (C=O) groups excluding carboxylic acids is 2. The van der Waals surface area contributed by atoms with Crippen LogP contribution in [0.15, 0.2) is 18.2 Å². The third kappa shape index (κ3) is 5.60. The van der Waals surface area contributed by atoms with Crippen molar-refractivity contribution in [3.05, 3.63) is 23.8 Å². The van der Waals surface area contributed by atoms with E-state index in [2.05, 4.69) is 10.6 Å². The molecule has 0 radical (unpaired) electrons. The highest BCUT2D eigenvalue weighted by atomic mass is 16.3. The van der Waals surface area contributed by atoms with Crippen molar-refractivity contribution in [3.8, 4) is 11.5 Å². The molecule has 0 bridgehead atoms. The van der Waals surface area contributed by atoms with Crippen LogP contribution in [0.25, 0.3) is 0 Å². The zero-order chi connectivity index (χ0) is 15.1. The molecule has 0 aliphatic heterocycles. The zero-order valence-corrected chi connectivity index (χ0v) is 11.6. The van der Waals surface area contributed by atoms with Crippen LogP contribution in [0.4, 0.5) is 0 Å². The molecule has 0 saturated heterocycles. The molecule has 6 heteroatoms. The third-order valence-corrected chi connectivity index (χ3v) is 2.49. The Hall–Kier alpha value is -2.24. The summed E-state index contributed by atoms with van der Waals surface area (Å²) in [5.74, 6) is -0.542. The number of benzene rings is 1. The molecule has 0 aromatic heterocycles. The quantitative estimate of drug-likeness (QED) is 0.584. The fourth-order valence-electron chi connectivity index (χ4n) is 1.65. The summed E-state index contributed by atoms with van der Waals surface area (Å²) in [6.07, 6.45) is 0.453. The topological polar surface area (TPSA) is 98.7 Å². The van der Waals surface area contributed by atoms with E-state index in [0.29, 0.717) is 18.9 Å². The monoisotopic (exact) mass is 280 g/mol. The van der Waals surface area contributed by atoms with Crippen LogP contribution in [0.3, 0.4) is 0 Å². The van der Waals surface area contributed by atoms with Crippen LogP contribution >= 0.6 is 0 Å². The fraction of sp³-hybridized carbons (Fsp3) is 0.429. The molecule has 4 N–H and O–H groups in total. The Labute approximate surface area is 117 Å². The molecule has 0 aliphatic rings. The van der Waals surface area contributed by atoms with Crippen molar-refractivity contribution in [3.63, 3.8) is 0 Å². The van der Waals surface area contributed by atoms with Crippen molar-refractivity contribution in [1.82, 2.24) is 10.6 Å². The van der Waals surface area contributed by atoms with Crippen LogP contribution in [-0.2, 0) is 4.79 Å². The summed E-state index contributed by atoms with van der Waals surface area (Å²) >= 11 is 0. The molecule has 20 heavy (non-hydrogen) atoms. The van der Waals surface area contributed by atoms with Gasteiger partial charge in [0.15, 0.2) is 0 Å². The molecular weight excluding hydrogens is 260 g/mol. The highest BCUT2D eigenvalue weighted by Gasteiger charge is 2.08. The summed E-state index contributed by atoms with van der Waals surface area (Å²) < 4.78 is 0. The Bertz CT molecular complexity index is 466. The molecule has 1 aromatic carbocycles. The molecule has 0 spiro atoms. The number of nitrogens with one attached hydrogen (secondary N) is 2. The minimum absolute atomic E-state index is 0.0516. The minimum Gasteiger partial charge on any atom is -0.508 e. The highest BCUT2D eigenvalue weighted by molar-refractivity contribution is 5.95. The van der Waals surface area contributed by atoms with Crippen LogP contribution in [-0.4, -0.2) is 35.1 Å². The summed E-state index contributed by atoms with van der Waals surface area (Å²) in [7, 11) is 0. The van der Waals surface area contributed by atoms with E-state index in [1.807, 2.05) is 13.8 Å². The molecule has 2 amide bonds. The number of hydrogen-bond donors (Lipinski definition) is 4. The molecular formula is C14H20N2O4. The maximum absolute atomic E-state index is 11.7. The molecule has 1 aromatic rings. The average molecular weight is 280 g/mol. The summed E-state index contributed by atoms with van der Waals surface area (Å²) in [6, 6.07) is 3.65. The number of rotatable bonds is 6. The lowest BCUT2D eigenvalue weighted by Gasteiger charge is -2.09. The van der Waals surface area contributed by atoms with E-state index in [-0.39, 0.29) is 29.5 Å². The first kappa shape index (κ1) is 15.8. The van der Waals surface area contributed by atoms with Crippen LogP contribution in [0.2, 0.25) is 0 Å². The van der Waals surface area contributed by atoms with Gasteiger partial charge in [-0.1, -0.05) is 13.8 Å². The van der Waals surface area contributed by atoms with Crippen molar-refractivity contribution in [2.45, 2.75) is 20.3 Å². The molecule has 0 aliphatic carbocycles. The van der Waals surface area contributed by atoms with Gasteiger partial charge in [0.25, 0.3) is 5.91 Å². The fourth-order valence-corrected chi connectivity index (χ4v) is 1.65. The van der Waals surface area contributed by atoms with Gasteiger partial charge in [-0.05, 0) is 18.1 Å². The smallest absolute Gasteiger partial charge is 0.251 e. The van der Waals surface area contributed by atoms with E-state index in [4.69, 9.17) is 0 Å². The second-order valence-corrected chi connectivity index (χ2v) is 4.94. The van der Waals surface area contributed by atoms with Gasteiger partial charge < -0.3 is 20.8 Å². The number of carbonyl (C=O) groups is 2. The van der Waals surface area contributed by atoms with Crippen molar-refractivity contribution in [2.24, 2.45) is 5.92 Å². The highest BCUT2D eigenvalue weighted by Crippen LogP contribution is 2.20. The normalized spacial score (nSPS) is 10.3. The second kappa shape index (κ2) is 7.37. The first-order valence-electron chi connectivity index (χ1n) is 6.46. The van der Waals surface area contributed by atoms with Crippen LogP contribution in [0.1, 0.15) is 30.6 Å². The lowest BCUT2D eigenvalue weighted by Crippen LogP contribution is -2.35. The van der Waals surface area contributed by atoms with Gasteiger partial charge >= 0.3 is 0 Å². The van der Waals surface area contributed by atoms with Gasteiger partial charge in [-0.15, -0.1) is 0 Å². The number of phenolic OH excluding ortho intramolecular Hbond substituents is 2. The molecule has 110 valence electrons. The van der Waals surface area contributed by atoms with Crippen molar-refractivity contribution in [1.29, 1.82) is 0 Å². The van der Waals surface area contributed by atoms with E-state index < -0.39 is 5.91 Å². The van der Waals surface area contributed by atoms with E-state index in [9.17, 15) is 19.8 Å². The summed E-state index contributed by atoms with van der Waals surface area (Å²) in [5.41, 5.74) is 0.163. The molecule has 0 heterocycles. The van der Waals surface area contributed by atoms with E-state index in [1.54, 1.807) is 0 Å². The van der Waals surface area contributed by atoms with Gasteiger partial charge in [-0.3, -0.25) is 9.59 Å². The van der Waals surface area contributed by atoms with Gasteiger partial charge in [0.05, 0.1) is 0 Å². The summed E-state index contributed by atoms with van der Waals surface area (Å²) in [5, 5.41) is 23.8. The number of phenols is 2. The molecule has 0 atom stereocenters. The van der Waals surface area contributed by atoms with Crippen molar-refractivity contribution in [2.75, 3.05) is 13.1 Å². The molecule has 1 rings (SSSR count). The number of amides is 2. The van der Waals surface area contributed by atoms with Crippen molar-refractivity contribution < 1.29 is 19.8 Å². The van der Waals surface area contributed by atoms with Gasteiger partial charge in [0, 0.05) is 31.1 Å². The Morgan fingerprint density at radius 3 is 2.15 bits per heavy atom. The lowest BCUT2D eigenvalue weighted by atomic mass is 10.1. The summed E-state index contributed by atoms with van der Waals surface area (Å²) in [6.45, 7) is 4.52. The predicted molar refractivity (Wildman–Crippen MR) is 74.6 cm³/mol. The first-order chi connectivity index (χ1) is 9.38. The van der Waals surface area contributed by atoms with Crippen molar-refractivity contribution >= 4 is 11.8 Å². The van der Waals surface area contributed by atoms with Gasteiger partial charge in [0.2, 0.25) is 5.91 Å². The SMILES string of the molecule is CC(C)CC(=O)NCCNC(=O)c1cc(O)cc(O)c1. The zero-order valence-electron chi connectivity index (χ0n) is 11.6. The summed E-state index contributed by atoms with van der Waals surface area (Å²) in [4.78, 5) is 23.1. The van der Waals surface area contributed by atoms with Crippen LogP contribution in [0, 0.1) is 5.92 Å². The van der Waals surface area contributed by atoms with Crippen LogP contribution < -0.4 is 10.6 Å². The Balaban J connectivity index is 2.35. The average Bonchev–Trinajstić information content (AvgIpc) is 2.32. The van der Waals surface area contributed by atoms with Crippen LogP contribution in [0.5, 0.6) is 11.5 Å².